The molecule has 0 bridgehead atoms. The highest BCUT2D eigenvalue weighted by Gasteiger charge is 2.34. The first kappa shape index (κ1) is 10.0. The summed E-state index contributed by atoms with van der Waals surface area (Å²) in [5, 5.41) is 0. The second kappa shape index (κ2) is 3.35. The van der Waals surface area contributed by atoms with E-state index in [1.165, 1.54) is 18.2 Å². The van der Waals surface area contributed by atoms with E-state index in [1.54, 1.807) is 0 Å². The lowest BCUT2D eigenvalue weighted by Crippen LogP contribution is -1.99. The van der Waals surface area contributed by atoms with Crippen molar-refractivity contribution >= 4 is 19.5 Å². The minimum absolute atomic E-state index is 0.0123. The smallest absolute Gasteiger partial charge is 0.399 e. The maximum Gasteiger partial charge on any atom is 0.613 e. The van der Waals surface area contributed by atoms with Crippen LogP contribution in [0.2, 0.25) is 0 Å². The van der Waals surface area contributed by atoms with Crippen LogP contribution < -0.4 is 16.0 Å². The topological polar surface area (TPSA) is 122 Å². The quantitative estimate of drug-likeness (QED) is 0.339. The van der Waals surface area contributed by atoms with Crippen molar-refractivity contribution in [1.82, 2.24) is 0 Å². The standard InChI is InChI=1S/C6H10N2O4P/c7-4-1-5(8)3-6(2-4)12-13(9,10)11/h1-3,9-11H,7-8H2/q+1. The molecule has 0 radical (unpaired) electrons. The fourth-order valence-corrected chi connectivity index (χ4v) is 1.23. The SMILES string of the molecule is Nc1cc(N)cc(O[P+](O)(O)O)c1. The van der Waals surface area contributed by atoms with Crippen LogP contribution in [0.5, 0.6) is 5.75 Å². The molecule has 0 atom stereocenters. The van der Waals surface area contributed by atoms with Gasteiger partial charge in [0, 0.05) is 23.5 Å². The molecule has 72 valence electrons. The Labute approximate surface area is 75.0 Å². The monoisotopic (exact) mass is 205 g/mol. The zero-order chi connectivity index (χ0) is 10.1. The summed E-state index contributed by atoms with van der Waals surface area (Å²) in [5.74, 6) is 0.0123. The van der Waals surface area contributed by atoms with Crippen molar-refractivity contribution in [1.29, 1.82) is 0 Å². The fraction of sp³-hybridized carbons (Fsp3) is 0. The van der Waals surface area contributed by atoms with Crippen LogP contribution in [0.15, 0.2) is 18.2 Å². The Hall–Kier alpha value is -1.07. The highest BCUT2D eigenvalue weighted by molar-refractivity contribution is 7.53. The molecule has 0 spiro atoms. The Balaban J connectivity index is 2.90. The van der Waals surface area contributed by atoms with Crippen LogP contribution in [-0.4, -0.2) is 14.7 Å². The molecular formula is C6H10N2O4P+. The molecule has 6 nitrogen and oxygen atoms in total. The number of hydrogen-bond donors (Lipinski definition) is 5. The number of nitrogen functional groups attached to an aromatic ring is 2. The van der Waals surface area contributed by atoms with Crippen molar-refractivity contribution in [3.8, 4) is 5.75 Å². The Morgan fingerprint density at radius 3 is 1.85 bits per heavy atom. The molecule has 0 heterocycles. The summed E-state index contributed by atoms with van der Waals surface area (Å²) < 4.78 is 4.38. The van der Waals surface area contributed by atoms with Crippen molar-refractivity contribution in [2.75, 3.05) is 11.5 Å². The molecule has 0 saturated heterocycles. The third-order valence-corrected chi connectivity index (χ3v) is 1.63. The maximum atomic E-state index is 8.57. The highest BCUT2D eigenvalue weighted by Crippen LogP contribution is 2.46. The van der Waals surface area contributed by atoms with Gasteiger partial charge in [-0.1, -0.05) is 0 Å². The summed E-state index contributed by atoms with van der Waals surface area (Å²) in [6.07, 6.45) is 0. The summed E-state index contributed by atoms with van der Waals surface area (Å²) in [6.45, 7) is 0. The van der Waals surface area contributed by atoms with Gasteiger partial charge in [-0.2, -0.15) is 14.7 Å². The Morgan fingerprint density at radius 1 is 1.00 bits per heavy atom. The second-order valence-corrected chi connectivity index (χ2v) is 3.65. The lowest BCUT2D eigenvalue weighted by molar-refractivity contribution is 0.238. The summed E-state index contributed by atoms with van der Waals surface area (Å²) in [6, 6.07) is 4.10. The van der Waals surface area contributed by atoms with Gasteiger partial charge in [0.15, 0.2) is 5.75 Å². The molecular weight excluding hydrogens is 195 g/mol. The summed E-state index contributed by atoms with van der Waals surface area (Å²) >= 11 is 0. The molecule has 7 heteroatoms. The van der Waals surface area contributed by atoms with Gasteiger partial charge in [-0.3, -0.25) is 4.52 Å². The largest absolute Gasteiger partial charge is 0.613 e. The number of anilines is 2. The normalized spacial score (nSPS) is 11.3. The van der Waals surface area contributed by atoms with Gasteiger partial charge in [-0.25, -0.2) is 0 Å². The van der Waals surface area contributed by atoms with Crippen molar-refractivity contribution in [2.24, 2.45) is 0 Å². The summed E-state index contributed by atoms with van der Waals surface area (Å²) in [4.78, 5) is 25.7. The van der Waals surface area contributed by atoms with Gasteiger partial charge in [-0.15, -0.1) is 0 Å². The third kappa shape index (κ3) is 3.43. The Morgan fingerprint density at radius 2 is 1.46 bits per heavy atom. The van der Waals surface area contributed by atoms with Crippen LogP contribution >= 0.6 is 8.17 Å². The van der Waals surface area contributed by atoms with E-state index in [9.17, 15) is 0 Å². The van der Waals surface area contributed by atoms with Crippen LogP contribution in [0.1, 0.15) is 0 Å². The minimum atomic E-state index is -4.29. The molecule has 0 aliphatic rings. The first-order chi connectivity index (χ1) is 5.87. The molecule has 0 amide bonds. The van der Waals surface area contributed by atoms with Gasteiger partial charge in [0.05, 0.1) is 0 Å². The van der Waals surface area contributed by atoms with Crippen LogP contribution in [0, 0.1) is 0 Å². The van der Waals surface area contributed by atoms with Gasteiger partial charge in [-0.05, 0) is 6.07 Å². The Bertz CT molecular complexity index is 292. The highest BCUT2D eigenvalue weighted by atomic mass is 31.2. The lowest BCUT2D eigenvalue weighted by atomic mass is 10.3. The van der Waals surface area contributed by atoms with Crippen LogP contribution in [0.3, 0.4) is 0 Å². The van der Waals surface area contributed by atoms with Gasteiger partial charge in [0.2, 0.25) is 0 Å². The van der Waals surface area contributed by atoms with Gasteiger partial charge in [0.1, 0.15) is 0 Å². The van der Waals surface area contributed by atoms with E-state index in [4.69, 9.17) is 26.1 Å². The molecule has 0 aliphatic heterocycles. The average molecular weight is 205 g/mol. The second-order valence-electron chi connectivity index (χ2n) is 2.44. The zero-order valence-electron chi connectivity index (χ0n) is 6.58. The first-order valence-electron chi connectivity index (χ1n) is 3.30. The van der Waals surface area contributed by atoms with Crippen LogP contribution in [0.4, 0.5) is 11.4 Å². The molecule has 0 unspecified atom stereocenters. The lowest BCUT2D eigenvalue weighted by Gasteiger charge is -2.05. The van der Waals surface area contributed by atoms with E-state index in [0.717, 1.165) is 0 Å². The van der Waals surface area contributed by atoms with E-state index in [2.05, 4.69) is 4.52 Å². The van der Waals surface area contributed by atoms with E-state index in [-0.39, 0.29) is 5.75 Å². The van der Waals surface area contributed by atoms with Crippen molar-refractivity contribution in [3.63, 3.8) is 0 Å². The van der Waals surface area contributed by atoms with E-state index in [1.807, 2.05) is 0 Å². The third-order valence-electron chi connectivity index (χ3n) is 1.18. The van der Waals surface area contributed by atoms with E-state index in [0.29, 0.717) is 11.4 Å². The van der Waals surface area contributed by atoms with Crippen molar-refractivity contribution in [2.45, 2.75) is 0 Å². The zero-order valence-corrected chi connectivity index (χ0v) is 7.48. The number of hydrogen-bond acceptors (Lipinski definition) is 6. The summed E-state index contributed by atoms with van der Waals surface area (Å²) in [7, 11) is -4.29. The van der Waals surface area contributed by atoms with E-state index >= 15 is 0 Å². The molecule has 1 aromatic rings. The van der Waals surface area contributed by atoms with Gasteiger partial charge in [0.25, 0.3) is 0 Å². The molecule has 0 aromatic heterocycles. The predicted molar refractivity (Wildman–Crippen MR) is 49.5 cm³/mol. The maximum absolute atomic E-state index is 8.57. The average Bonchev–Trinajstić information content (AvgIpc) is 1.78. The Kier molecular flexibility index (Phi) is 2.58. The van der Waals surface area contributed by atoms with Gasteiger partial charge < -0.3 is 11.5 Å². The fourth-order valence-electron chi connectivity index (χ4n) is 0.840. The molecule has 1 aromatic carbocycles. The number of benzene rings is 1. The van der Waals surface area contributed by atoms with Gasteiger partial charge >= 0.3 is 8.17 Å². The van der Waals surface area contributed by atoms with Crippen molar-refractivity contribution in [3.05, 3.63) is 18.2 Å². The molecule has 0 fully saturated rings. The van der Waals surface area contributed by atoms with Crippen molar-refractivity contribution < 1.29 is 19.2 Å². The predicted octanol–water partition coefficient (Wildman–Crippen LogP) is -0.116. The number of rotatable bonds is 2. The molecule has 0 aliphatic carbocycles. The van der Waals surface area contributed by atoms with Crippen LogP contribution in [-0.2, 0) is 0 Å². The van der Waals surface area contributed by atoms with Crippen LogP contribution in [0.25, 0.3) is 0 Å². The molecule has 1 rings (SSSR count). The minimum Gasteiger partial charge on any atom is -0.399 e. The molecule has 13 heavy (non-hydrogen) atoms. The number of nitrogens with two attached hydrogens (primary N) is 2. The molecule has 7 N–H and O–H groups in total. The van der Waals surface area contributed by atoms with E-state index < -0.39 is 8.17 Å². The summed E-state index contributed by atoms with van der Waals surface area (Å²) in [5.41, 5.74) is 11.4. The first-order valence-corrected chi connectivity index (χ1v) is 4.86. The molecule has 0 saturated carbocycles.